The van der Waals surface area contributed by atoms with Gasteiger partial charge in [0, 0.05) is 25.2 Å². The van der Waals surface area contributed by atoms with Crippen molar-refractivity contribution in [2.75, 3.05) is 31.6 Å². The van der Waals surface area contributed by atoms with Crippen molar-refractivity contribution in [3.63, 3.8) is 0 Å². The highest BCUT2D eigenvalue weighted by molar-refractivity contribution is 7.91. The summed E-state index contributed by atoms with van der Waals surface area (Å²) in [6, 6.07) is 3.93. The standard InChI is InChI=1S/C15H18N6O4S/c1-19-4-5-20(13-8-26(24,25)7-12(13)19)15(23)11-3-2-10(6-14(11)22)21-9-16-17-18-21/h2-3,6,9,12-13,22H,4-5,7-8H2,1H3/t12-,13+/m1/s1. The number of rotatable bonds is 2. The minimum absolute atomic E-state index is 0.0444. The molecular weight excluding hydrogens is 360 g/mol. The third kappa shape index (κ3) is 2.82. The van der Waals surface area contributed by atoms with Gasteiger partial charge in [-0.15, -0.1) is 5.10 Å². The van der Waals surface area contributed by atoms with Crippen LogP contribution in [0.5, 0.6) is 5.75 Å². The Kier molecular flexibility index (Phi) is 3.92. The minimum Gasteiger partial charge on any atom is -0.507 e. The lowest BCUT2D eigenvalue weighted by Crippen LogP contribution is -2.59. The second kappa shape index (κ2) is 6.02. The van der Waals surface area contributed by atoms with Gasteiger partial charge in [0.25, 0.3) is 5.91 Å². The Balaban J connectivity index is 1.63. The van der Waals surface area contributed by atoms with Crippen molar-refractivity contribution in [1.29, 1.82) is 0 Å². The molecule has 2 atom stereocenters. The molecule has 0 aliphatic carbocycles. The number of fused-ring (bicyclic) bond motifs is 1. The van der Waals surface area contributed by atoms with E-state index in [-0.39, 0.29) is 34.8 Å². The van der Waals surface area contributed by atoms with Gasteiger partial charge in [0.1, 0.15) is 12.1 Å². The molecule has 2 aliphatic rings. The molecule has 2 aromatic rings. The summed E-state index contributed by atoms with van der Waals surface area (Å²) in [6.45, 7) is 1.01. The molecule has 3 heterocycles. The maximum Gasteiger partial charge on any atom is 0.257 e. The first-order chi connectivity index (χ1) is 12.4. The van der Waals surface area contributed by atoms with Crippen molar-refractivity contribution in [3.8, 4) is 11.4 Å². The Bertz CT molecular complexity index is 945. The van der Waals surface area contributed by atoms with Gasteiger partial charge in [-0.3, -0.25) is 9.69 Å². The molecule has 1 N–H and O–H groups in total. The Labute approximate surface area is 149 Å². The van der Waals surface area contributed by atoms with Gasteiger partial charge in [-0.05, 0) is 29.6 Å². The van der Waals surface area contributed by atoms with Crippen LogP contribution in [0.2, 0.25) is 0 Å². The van der Waals surface area contributed by atoms with E-state index in [0.29, 0.717) is 18.8 Å². The largest absolute Gasteiger partial charge is 0.507 e. The van der Waals surface area contributed by atoms with E-state index in [9.17, 15) is 18.3 Å². The van der Waals surface area contributed by atoms with Gasteiger partial charge in [0.05, 0.1) is 28.8 Å². The Morgan fingerprint density at radius 3 is 2.69 bits per heavy atom. The number of hydrogen-bond donors (Lipinski definition) is 1. The molecular formula is C15H18N6O4S. The molecule has 0 radical (unpaired) electrons. The van der Waals surface area contributed by atoms with Crippen molar-refractivity contribution in [3.05, 3.63) is 30.1 Å². The number of benzene rings is 1. The molecule has 26 heavy (non-hydrogen) atoms. The summed E-state index contributed by atoms with van der Waals surface area (Å²) >= 11 is 0. The molecule has 11 heteroatoms. The summed E-state index contributed by atoms with van der Waals surface area (Å²) in [7, 11) is -1.31. The molecule has 2 saturated heterocycles. The van der Waals surface area contributed by atoms with E-state index in [1.54, 1.807) is 11.0 Å². The zero-order valence-corrected chi connectivity index (χ0v) is 14.9. The average molecular weight is 378 g/mol. The van der Waals surface area contributed by atoms with Gasteiger partial charge >= 0.3 is 0 Å². The molecule has 10 nitrogen and oxygen atoms in total. The van der Waals surface area contributed by atoms with Crippen LogP contribution in [0.4, 0.5) is 0 Å². The number of carbonyl (C=O) groups excluding carboxylic acids is 1. The van der Waals surface area contributed by atoms with Crippen molar-refractivity contribution in [2.45, 2.75) is 12.1 Å². The predicted octanol–water partition coefficient (Wildman–Crippen LogP) is -1.08. The molecule has 0 spiro atoms. The van der Waals surface area contributed by atoms with E-state index in [4.69, 9.17) is 0 Å². The van der Waals surface area contributed by atoms with Crippen LogP contribution in [0.25, 0.3) is 5.69 Å². The van der Waals surface area contributed by atoms with Crippen LogP contribution in [0.3, 0.4) is 0 Å². The molecule has 2 fully saturated rings. The normalized spacial score (nSPS) is 25.2. The number of sulfone groups is 1. The number of nitrogens with zero attached hydrogens (tertiary/aromatic N) is 6. The molecule has 138 valence electrons. The van der Waals surface area contributed by atoms with E-state index in [2.05, 4.69) is 15.5 Å². The maximum atomic E-state index is 13.0. The highest BCUT2D eigenvalue weighted by Crippen LogP contribution is 2.29. The second-order valence-electron chi connectivity index (χ2n) is 6.65. The average Bonchev–Trinajstić information content (AvgIpc) is 3.22. The smallest absolute Gasteiger partial charge is 0.257 e. The first-order valence-electron chi connectivity index (χ1n) is 8.14. The summed E-state index contributed by atoms with van der Waals surface area (Å²) in [6.07, 6.45) is 1.38. The fourth-order valence-corrected chi connectivity index (χ4v) is 5.71. The third-order valence-electron chi connectivity index (χ3n) is 5.04. The van der Waals surface area contributed by atoms with Crippen molar-refractivity contribution in [1.82, 2.24) is 30.0 Å². The summed E-state index contributed by atoms with van der Waals surface area (Å²) < 4.78 is 25.5. The number of amides is 1. The molecule has 2 aliphatic heterocycles. The van der Waals surface area contributed by atoms with Crippen molar-refractivity contribution in [2.24, 2.45) is 0 Å². The Morgan fingerprint density at radius 1 is 1.23 bits per heavy atom. The van der Waals surface area contributed by atoms with Gasteiger partial charge in [-0.25, -0.2) is 13.1 Å². The van der Waals surface area contributed by atoms with Crippen LogP contribution in [0, 0.1) is 0 Å². The Morgan fingerprint density at radius 2 is 2.00 bits per heavy atom. The third-order valence-corrected chi connectivity index (χ3v) is 6.74. The highest BCUT2D eigenvalue weighted by atomic mass is 32.2. The van der Waals surface area contributed by atoms with Crippen molar-refractivity contribution < 1.29 is 18.3 Å². The van der Waals surface area contributed by atoms with Crippen LogP contribution >= 0.6 is 0 Å². The lowest BCUT2D eigenvalue weighted by atomic mass is 10.0. The van der Waals surface area contributed by atoms with E-state index in [1.165, 1.54) is 23.1 Å². The van der Waals surface area contributed by atoms with Crippen LogP contribution in [-0.2, 0) is 9.84 Å². The molecule has 0 unspecified atom stereocenters. The molecule has 1 aromatic carbocycles. The highest BCUT2D eigenvalue weighted by Gasteiger charge is 2.47. The van der Waals surface area contributed by atoms with Crippen LogP contribution in [0.15, 0.2) is 24.5 Å². The fraction of sp³-hybridized carbons (Fsp3) is 0.467. The number of hydrogen-bond acceptors (Lipinski definition) is 8. The number of tetrazole rings is 1. The zero-order chi connectivity index (χ0) is 18.5. The monoisotopic (exact) mass is 378 g/mol. The van der Waals surface area contributed by atoms with Crippen LogP contribution < -0.4 is 0 Å². The SMILES string of the molecule is CN1CCN(C(=O)c2ccc(-n3cnnn3)cc2O)[C@H]2CS(=O)(=O)C[C@H]21. The van der Waals surface area contributed by atoms with Gasteiger partial charge in [-0.2, -0.15) is 0 Å². The summed E-state index contributed by atoms with van der Waals surface area (Å²) in [5.41, 5.74) is 0.651. The molecule has 0 bridgehead atoms. The fourth-order valence-electron chi connectivity index (χ4n) is 3.66. The summed E-state index contributed by atoms with van der Waals surface area (Å²) in [4.78, 5) is 16.5. The number of likely N-dealkylation sites (N-methyl/N-ethyl adjacent to an activating group) is 1. The zero-order valence-electron chi connectivity index (χ0n) is 14.1. The van der Waals surface area contributed by atoms with E-state index in [0.717, 1.165) is 0 Å². The first kappa shape index (κ1) is 16.9. The molecule has 1 amide bonds. The number of aromatic hydroxyl groups is 1. The van der Waals surface area contributed by atoms with E-state index >= 15 is 0 Å². The lowest BCUT2D eigenvalue weighted by Gasteiger charge is -2.42. The Hall–Kier alpha value is -2.53. The summed E-state index contributed by atoms with van der Waals surface area (Å²) in [5.74, 6) is -0.551. The predicted molar refractivity (Wildman–Crippen MR) is 90.7 cm³/mol. The van der Waals surface area contributed by atoms with E-state index < -0.39 is 15.9 Å². The van der Waals surface area contributed by atoms with Gasteiger partial charge in [0.2, 0.25) is 0 Å². The number of phenols is 1. The number of carbonyl (C=O) groups is 1. The second-order valence-corrected chi connectivity index (χ2v) is 8.80. The van der Waals surface area contributed by atoms with Gasteiger partial charge < -0.3 is 10.0 Å². The van der Waals surface area contributed by atoms with Crippen LogP contribution in [-0.4, -0.2) is 93.2 Å². The van der Waals surface area contributed by atoms with Gasteiger partial charge in [0.15, 0.2) is 9.84 Å². The number of aromatic nitrogens is 4. The van der Waals surface area contributed by atoms with Crippen LogP contribution in [0.1, 0.15) is 10.4 Å². The topological polar surface area (TPSA) is 122 Å². The van der Waals surface area contributed by atoms with Gasteiger partial charge in [-0.1, -0.05) is 0 Å². The quantitative estimate of drug-likeness (QED) is 0.700. The molecule has 0 saturated carbocycles. The lowest BCUT2D eigenvalue weighted by molar-refractivity contribution is 0.0407. The number of phenolic OH excluding ortho intramolecular Hbond substituents is 1. The first-order valence-corrected chi connectivity index (χ1v) is 9.96. The number of piperazine rings is 1. The van der Waals surface area contributed by atoms with E-state index in [1.807, 2.05) is 11.9 Å². The molecule has 1 aromatic heterocycles. The molecule has 4 rings (SSSR count). The minimum atomic E-state index is -3.18. The maximum absolute atomic E-state index is 13.0. The van der Waals surface area contributed by atoms with Crippen molar-refractivity contribution >= 4 is 15.7 Å². The summed E-state index contributed by atoms with van der Waals surface area (Å²) in [5, 5.41) is 21.1.